The Labute approximate surface area is 181 Å². The van der Waals surface area contributed by atoms with Crippen molar-refractivity contribution in [2.75, 3.05) is 26.2 Å². The van der Waals surface area contributed by atoms with Crippen LogP contribution in [0.25, 0.3) is 0 Å². The van der Waals surface area contributed by atoms with Gasteiger partial charge < -0.3 is 20.1 Å². The highest BCUT2D eigenvalue weighted by molar-refractivity contribution is 5.85. The summed E-state index contributed by atoms with van der Waals surface area (Å²) in [5.74, 6) is 2.42. The van der Waals surface area contributed by atoms with Gasteiger partial charge >= 0.3 is 0 Å². The Hall–Kier alpha value is -1.46. The van der Waals surface area contributed by atoms with Gasteiger partial charge in [-0.05, 0) is 68.6 Å². The smallest absolute Gasteiger partial charge is 0.161 e. The molecular weight excluding hydrogens is 395 g/mol. The first-order valence-electron chi connectivity index (χ1n) is 9.69. The van der Waals surface area contributed by atoms with Crippen LogP contribution in [0.1, 0.15) is 30.9 Å². The predicted molar refractivity (Wildman–Crippen MR) is 120 cm³/mol. The molecule has 0 aromatic heterocycles. The first-order valence-corrected chi connectivity index (χ1v) is 9.69. The van der Waals surface area contributed by atoms with Crippen molar-refractivity contribution in [1.82, 2.24) is 10.6 Å². The lowest BCUT2D eigenvalue weighted by molar-refractivity contribution is 0.269. The third-order valence-electron chi connectivity index (χ3n) is 4.77. The maximum absolute atomic E-state index is 5.98. The van der Waals surface area contributed by atoms with Crippen molar-refractivity contribution in [1.29, 1.82) is 0 Å². The Balaban J connectivity index is 0.00000196. The van der Waals surface area contributed by atoms with Crippen molar-refractivity contribution in [3.8, 4) is 11.5 Å². The molecule has 4 nitrogen and oxygen atoms in total. The van der Waals surface area contributed by atoms with Crippen molar-refractivity contribution in [3.63, 3.8) is 0 Å². The number of nitrogens with one attached hydrogen (secondary N) is 2. The first-order chi connectivity index (χ1) is 12.8. The van der Waals surface area contributed by atoms with Crippen molar-refractivity contribution in [2.45, 2.75) is 32.9 Å². The van der Waals surface area contributed by atoms with E-state index in [1.807, 2.05) is 31.2 Å². The van der Waals surface area contributed by atoms with Crippen LogP contribution in [0, 0.1) is 5.92 Å². The molecule has 0 bridgehead atoms. The summed E-state index contributed by atoms with van der Waals surface area (Å²) >= 11 is 0. The maximum Gasteiger partial charge on any atom is 0.161 e. The van der Waals surface area contributed by atoms with E-state index in [0.717, 1.165) is 49.2 Å². The van der Waals surface area contributed by atoms with Gasteiger partial charge in [0, 0.05) is 6.54 Å². The lowest BCUT2D eigenvalue weighted by Crippen LogP contribution is -2.33. The standard InChI is InChI=1S/C22H30N2O2.2ClH/c1-2-25-22-14-20(16-24-15-18-10-12-23-13-11-18)8-9-21(22)26-17-19-6-4-3-5-7-19;;/h3-9,14,18,23-24H,2,10-13,15-17H2,1H3;2*1H. The first kappa shape index (κ1) is 24.6. The fraction of sp³-hybridized carbons (Fsp3) is 0.455. The second-order valence-electron chi connectivity index (χ2n) is 6.81. The molecule has 0 amide bonds. The minimum Gasteiger partial charge on any atom is -0.490 e. The summed E-state index contributed by atoms with van der Waals surface area (Å²) in [6.45, 7) is 7.42. The van der Waals surface area contributed by atoms with E-state index < -0.39 is 0 Å². The topological polar surface area (TPSA) is 42.5 Å². The Kier molecular flexibility index (Phi) is 12.0. The molecule has 6 heteroatoms. The zero-order valence-corrected chi connectivity index (χ0v) is 18.1. The summed E-state index contributed by atoms with van der Waals surface area (Å²) in [6.07, 6.45) is 2.53. The number of halogens is 2. The molecule has 3 rings (SSSR count). The minimum atomic E-state index is 0. The summed E-state index contributed by atoms with van der Waals surface area (Å²) in [6, 6.07) is 16.4. The molecule has 1 aliphatic heterocycles. The SMILES string of the molecule is CCOc1cc(CNCC2CCNCC2)ccc1OCc1ccccc1.Cl.Cl. The van der Waals surface area contributed by atoms with Gasteiger partial charge in [-0.25, -0.2) is 0 Å². The van der Waals surface area contributed by atoms with Gasteiger partial charge in [0.25, 0.3) is 0 Å². The number of benzene rings is 2. The van der Waals surface area contributed by atoms with E-state index in [4.69, 9.17) is 9.47 Å². The minimum absolute atomic E-state index is 0. The molecule has 1 fully saturated rings. The molecular formula is C22H32Cl2N2O2. The van der Waals surface area contributed by atoms with E-state index in [1.165, 1.54) is 18.4 Å². The summed E-state index contributed by atoms with van der Waals surface area (Å²) in [5, 5.41) is 7.01. The van der Waals surface area contributed by atoms with Crippen LogP contribution in [0.3, 0.4) is 0 Å². The van der Waals surface area contributed by atoms with Crippen LogP contribution >= 0.6 is 24.8 Å². The van der Waals surface area contributed by atoms with Crippen LogP contribution in [-0.2, 0) is 13.2 Å². The zero-order valence-electron chi connectivity index (χ0n) is 16.5. The van der Waals surface area contributed by atoms with E-state index in [9.17, 15) is 0 Å². The van der Waals surface area contributed by atoms with Gasteiger partial charge in [0.2, 0.25) is 0 Å². The molecule has 2 N–H and O–H groups in total. The molecule has 0 saturated carbocycles. The average molecular weight is 427 g/mol. The number of hydrogen-bond donors (Lipinski definition) is 2. The molecule has 0 aliphatic carbocycles. The Bertz CT molecular complexity index is 665. The van der Waals surface area contributed by atoms with Gasteiger partial charge in [0.15, 0.2) is 11.5 Å². The van der Waals surface area contributed by atoms with Crippen molar-refractivity contribution >= 4 is 24.8 Å². The predicted octanol–water partition coefficient (Wildman–Crippen LogP) is 4.60. The van der Waals surface area contributed by atoms with Gasteiger partial charge in [-0.15, -0.1) is 24.8 Å². The average Bonchev–Trinajstić information content (AvgIpc) is 2.69. The molecule has 0 radical (unpaired) electrons. The van der Waals surface area contributed by atoms with Crippen LogP contribution in [-0.4, -0.2) is 26.2 Å². The fourth-order valence-electron chi connectivity index (χ4n) is 3.29. The molecule has 28 heavy (non-hydrogen) atoms. The second kappa shape index (κ2) is 13.7. The van der Waals surface area contributed by atoms with Gasteiger partial charge in [-0.2, -0.15) is 0 Å². The van der Waals surface area contributed by atoms with Gasteiger partial charge in [0.05, 0.1) is 6.61 Å². The quantitative estimate of drug-likeness (QED) is 0.614. The van der Waals surface area contributed by atoms with Crippen LogP contribution in [0.15, 0.2) is 48.5 Å². The summed E-state index contributed by atoms with van der Waals surface area (Å²) in [5.41, 5.74) is 2.39. The van der Waals surface area contributed by atoms with Crippen molar-refractivity contribution in [2.24, 2.45) is 5.92 Å². The molecule has 2 aromatic carbocycles. The maximum atomic E-state index is 5.98. The number of piperidine rings is 1. The highest BCUT2D eigenvalue weighted by Crippen LogP contribution is 2.29. The molecule has 1 aliphatic rings. The van der Waals surface area contributed by atoms with E-state index in [1.54, 1.807) is 0 Å². The number of ether oxygens (including phenoxy) is 2. The van der Waals surface area contributed by atoms with Crippen molar-refractivity contribution < 1.29 is 9.47 Å². The van der Waals surface area contributed by atoms with Gasteiger partial charge in [-0.3, -0.25) is 0 Å². The number of hydrogen-bond acceptors (Lipinski definition) is 4. The second-order valence-corrected chi connectivity index (χ2v) is 6.81. The Morgan fingerprint density at radius 3 is 2.39 bits per heavy atom. The van der Waals surface area contributed by atoms with Crippen LogP contribution in [0.4, 0.5) is 0 Å². The third-order valence-corrected chi connectivity index (χ3v) is 4.77. The van der Waals surface area contributed by atoms with Crippen LogP contribution in [0.5, 0.6) is 11.5 Å². The van der Waals surface area contributed by atoms with Crippen LogP contribution in [0.2, 0.25) is 0 Å². The van der Waals surface area contributed by atoms with E-state index >= 15 is 0 Å². The monoisotopic (exact) mass is 426 g/mol. The zero-order chi connectivity index (χ0) is 18.0. The van der Waals surface area contributed by atoms with E-state index in [-0.39, 0.29) is 24.8 Å². The van der Waals surface area contributed by atoms with Gasteiger partial charge in [-0.1, -0.05) is 36.4 Å². The van der Waals surface area contributed by atoms with E-state index in [2.05, 4.69) is 34.9 Å². The van der Waals surface area contributed by atoms with Crippen molar-refractivity contribution in [3.05, 3.63) is 59.7 Å². The third kappa shape index (κ3) is 7.88. The summed E-state index contributed by atoms with van der Waals surface area (Å²) in [4.78, 5) is 0. The molecule has 2 aromatic rings. The lowest BCUT2D eigenvalue weighted by atomic mass is 9.98. The fourth-order valence-corrected chi connectivity index (χ4v) is 3.29. The Morgan fingerprint density at radius 2 is 1.68 bits per heavy atom. The van der Waals surface area contributed by atoms with Crippen LogP contribution < -0.4 is 20.1 Å². The Morgan fingerprint density at radius 1 is 0.929 bits per heavy atom. The highest BCUT2D eigenvalue weighted by Gasteiger charge is 2.12. The molecule has 0 unspecified atom stereocenters. The molecule has 1 saturated heterocycles. The number of rotatable bonds is 9. The van der Waals surface area contributed by atoms with E-state index in [0.29, 0.717) is 13.2 Å². The molecule has 156 valence electrons. The largest absolute Gasteiger partial charge is 0.490 e. The highest BCUT2D eigenvalue weighted by atomic mass is 35.5. The van der Waals surface area contributed by atoms with Gasteiger partial charge in [0.1, 0.15) is 6.61 Å². The normalized spacial score (nSPS) is 13.9. The molecule has 0 spiro atoms. The summed E-state index contributed by atoms with van der Waals surface area (Å²) in [7, 11) is 0. The lowest BCUT2D eigenvalue weighted by Gasteiger charge is -2.23. The molecule has 0 atom stereocenters. The molecule has 1 heterocycles. The summed E-state index contributed by atoms with van der Waals surface area (Å²) < 4.78 is 11.8.